The molecule has 0 fully saturated rings. The van der Waals surface area contributed by atoms with Crippen LogP contribution < -0.4 is 11.2 Å². The lowest BCUT2D eigenvalue weighted by Crippen LogP contribution is -2.39. The predicted octanol–water partition coefficient (Wildman–Crippen LogP) is 2.49. The third-order valence-electron chi connectivity index (χ3n) is 5.07. The largest absolute Gasteiger partial charge is 0.411 e. The summed E-state index contributed by atoms with van der Waals surface area (Å²) in [5.74, 6) is 0.313. The van der Waals surface area contributed by atoms with Crippen molar-refractivity contribution in [2.24, 2.45) is 19.3 Å². The standard InChI is InChI=1S/C20H18ClN5O3/c1-11(23-29)17-22-18-16(24(17)2)19(27)26(20(28)25(18)3)10-12-7-8-14-13(9-12)5-4-6-15(14)21/h4-9,29H,10H2,1-3H3/b23-11-. The summed E-state index contributed by atoms with van der Waals surface area (Å²) in [5, 5.41) is 14.7. The van der Waals surface area contributed by atoms with Crippen molar-refractivity contribution >= 4 is 39.2 Å². The maximum atomic E-state index is 13.1. The lowest BCUT2D eigenvalue weighted by molar-refractivity contribution is 0.318. The van der Waals surface area contributed by atoms with E-state index in [9.17, 15) is 9.59 Å². The summed E-state index contributed by atoms with van der Waals surface area (Å²) >= 11 is 6.22. The van der Waals surface area contributed by atoms with Crippen molar-refractivity contribution in [2.45, 2.75) is 13.5 Å². The third-order valence-corrected chi connectivity index (χ3v) is 5.40. The SMILES string of the molecule is C/C(=N/O)c1nc2c(c(=O)n(Cc3ccc4c(Cl)cccc4c3)c(=O)n2C)n1C. The summed E-state index contributed by atoms with van der Waals surface area (Å²) in [6.07, 6.45) is 0. The number of hydrogen-bond donors (Lipinski definition) is 1. The van der Waals surface area contributed by atoms with E-state index in [1.165, 1.54) is 13.7 Å². The molecule has 0 amide bonds. The highest BCUT2D eigenvalue weighted by Crippen LogP contribution is 2.24. The van der Waals surface area contributed by atoms with Crippen molar-refractivity contribution < 1.29 is 5.21 Å². The van der Waals surface area contributed by atoms with Gasteiger partial charge in [-0.05, 0) is 30.0 Å². The number of halogens is 1. The molecule has 0 aliphatic heterocycles. The number of nitrogens with zero attached hydrogens (tertiary/aromatic N) is 5. The Balaban J connectivity index is 1.92. The van der Waals surface area contributed by atoms with Crippen molar-refractivity contribution in [2.75, 3.05) is 0 Å². The molecular formula is C20H18ClN5O3. The Labute approximate surface area is 169 Å². The molecule has 9 heteroatoms. The van der Waals surface area contributed by atoms with Crippen molar-refractivity contribution in [1.29, 1.82) is 0 Å². The molecule has 0 radical (unpaired) electrons. The first kappa shape index (κ1) is 18.9. The number of imidazole rings is 1. The zero-order chi connectivity index (χ0) is 20.9. The summed E-state index contributed by atoms with van der Waals surface area (Å²) in [5.41, 5.74) is 0.608. The topological polar surface area (TPSA) is 94.4 Å². The fourth-order valence-electron chi connectivity index (χ4n) is 3.53. The van der Waals surface area contributed by atoms with E-state index in [2.05, 4.69) is 10.1 Å². The second-order valence-corrected chi connectivity index (χ2v) is 7.29. The maximum absolute atomic E-state index is 13.1. The van der Waals surface area contributed by atoms with E-state index < -0.39 is 11.2 Å². The number of oxime groups is 1. The van der Waals surface area contributed by atoms with Crippen LogP contribution in [0.1, 0.15) is 18.3 Å². The van der Waals surface area contributed by atoms with E-state index in [0.29, 0.717) is 10.8 Å². The molecule has 4 aromatic rings. The number of aromatic nitrogens is 4. The molecule has 2 heterocycles. The first-order chi connectivity index (χ1) is 13.8. The van der Waals surface area contributed by atoms with Gasteiger partial charge in [0.1, 0.15) is 5.71 Å². The number of hydrogen-bond acceptors (Lipinski definition) is 5. The van der Waals surface area contributed by atoms with Gasteiger partial charge in [-0.25, -0.2) is 9.78 Å². The number of rotatable bonds is 3. The summed E-state index contributed by atoms with van der Waals surface area (Å²) in [7, 11) is 3.20. The first-order valence-corrected chi connectivity index (χ1v) is 9.23. The lowest BCUT2D eigenvalue weighted by Gasteiger charge is -2.10. The molecule has 0 bridgehead atoms. The van der Waals surface area contributed by atoms with Gasteiger partial charge in [-0.2, -0.15) is 0 Å². The molecule has 0 aliphatic rings. The molecule has 2 aromatic carbocycles. The Kier molecular flexibility index (Phi) is 4.50. The van der Waals surface area contributed by atoms with Crippen LogP contribution in [0.4, 0.5) is 0 Å². The zero-order valence-electron chi connectivity index (χ0n) is 16.0. The minimum atomic E-state index is -0.475. The third kappa shape index (κ3) is 2.92. The average molecular weight is 412 g/mol. The molecular weight excluding hydrogens is 394 g/mol. The minimum Gasteiger partial charge on any atom is -0.411 e. The Hall–Kier alpha value is -3.39. The van der Waals surface area contributed by atoms with E-state index in [1.54, 1.807) is 21.0 Å². The Morgan fingerprint density at radius 2 is 1.93 bits per heavy atom. The normalized spacial score (nSPS) is 12.2. The molecule has 29 heavy (non-hydrogen) atoms. The van der Waals surface area contributed by atoms with Crippen LogP contribution in [0.25, 0.3) is 21.9 Å². The van der Waals surface area contributed by atoms with Gasteiger partial charge in [0.2, 0.25) is 0 Å². The molecule has 0 atom stereocenters. The highest BCUT2D eigenvalue weighted by atomic mass is 35.5. The van der Waals surface area contributed by atoms with Crippen molar-refractivity contribution in [1.82, 2.24) is 18.7 Å². The van der Waals surface area contributed by atoms with Gasteiger partial charge in [0, 0.05) is 24.5 Å². The summed E-state index contributed by atoms with van der Waals surface area (Å²) in [6, 6.07) is 11.2. The van der Waals surface area contributed by atoms with Crippen LogP contribution >= 0.6 is 11.6 Å². The molecule has 0 saturated carbocycles. The molecule has 1 N–H and O–H groups in total. The van der Waals surface area contributed by atoms with Crippen LogP contribution in [0.3, 0.4) is 0 Å². The molecule has 2 aromatic heterocycles. The minimum absolute atomic E-state index is 0.109. The van der Waals surface area contributed by atoms with Crippen molar-refractivity contribution in [3.63, 3.8) is 0 Å². The van der Waals surface area contributed by atoms with Gasteiger partial charge in [0.25, 0.3) is 5.56 Å². The van der Waals surface area contributed by atoms with Crippen LogP contribution in [0.5, 0.6) is 0 Å². The van der Waals surface area contributed by atoms with E-state index >= 15 is 0 Å². The molecule has 0 saturated heterocycles. The van der Waals surface area contributed by atoms with Gasteiger partial charge < -0.3 is 9.77 Å². The first-order valence-electron chi connectivity index (χ1n) is 8.86. The smallest absolute Gasteiger partial charge is 0.332 e. The van der Waals surface area contributed by atoms with Gasteiger partial charge in [-0.1, -0.05) is 41.0 Å². The quantitative estimate of drug-likeness (QED) is 0.318. The fourth-order valence-corrected chi connectivity index (χ4v) is 3.77. The highest BCUT2D eigenvalue weighted by molar-refractivity contribution is 6.35. The van der Waals surface area contributed by atoms with Crippen molar-refractivity contribution in [3.8, 4) is 0 Å². The van der Waals surface area contributed by atoms with Gasteiger partial charge in [0.05, 0.1) is 6.54 Å². The summed E-state index contributed by atoms with van der Waals surface area (Å²) < 4.78 is 4.02. The average Bonchev–Trinajstić information content (AvgIpc) is 3.06. The van der Waals surface area contributed by atoms with Gasteiger partial charge in [0.15, 0.2) is 17.0 Å². The number of aryl methyl sites for hydroxylation is 2. The van der Waals surface area contributed by atoms with E-state index in [0.717, 1.165) is 16.3 Å². The highest BCUT2D eigenvalue weighted by Gasteiger charge is 2.20. The number of benzene rings is 2. The van der Waals surface area contributed by atoms with E-state index in [4.69, 9.17) is 16.8 Å². The molecule has 4 rings (SSSR count). The zero-order valence-corrected chi connectivity index (χ0v) is 16.8. The van der Waals surface area contributed by atoms with Crippen LogP contribution in [0, 0.1) is 0 Å². The summed E-state index contributed by atoms with van der Waals surface area (Å²) in [6.45, 7) is 1.68. The van der Waals surface area contributed by atoms with Gasteiger partial charge >= 0.3 is 5.69 Å². The molecule has 148 valence electrons. The Bertz CT molecular complexity index is 1430. The van der Waals surface area contributed by atoms with Crippen LogP contribution in [0.15, 0.2) is 51.1 Å². The molecule has 0 spiro atoms. The van der Waals surface area contributed by atoms with E-state index in [1.807, 2.05) is 36.4 Å². The molecule has 0 unspecified atom stereocenters. The van der Waals surface area contributed by atoms with Crippen molar-refractivity contribution in [3.05, 3.63) is 73.6 Å². The number of fused-ring (bicyclic) bond motifs is 2. The monoisotopic (exact) mass is 411 g/mol. The second kappa shape index (κ2) is 6.89. The van der Waals surface area contributed by atoms with Crippen LogP contribution in [-0.4, -0.2) is 29.6 Å². The van der Waals surface area contributed by atoms with Crippen LogP contribution in [-0.2, 0) is 20.6 Å². The van der Waals surface area contributed by atoms with E-state index in [-0.39, 0.29) is 23.4 Å². The fraction of sp³-hybridized carbons (Fsp3) is 0.200. The van der Waals surface area contributed by atoms with Crippen LogP contribution in [0.2, 0.25) is 5.02 Å². The second-order valence-electron chi connectivity index (χ2n) is 6.88. The predicted molar refractivity (Wildman–Crippen MR) is 112 cm³/mol. The maximum Gasteiger partial charge on any atom is 0.332 e. The van der Waals surface area contributed by atoms with Gasteiger partial charge in [-0.3, -0.25) is 13.9 Å². The lowest BCUT2D eigenvalue weighted by atomic mass is 10.1. The van der Waals surface area contributed by atoms with Gasteiger partial charge in [-0.15, -0.1) is 0 Å². The molecule has 8 nitrogen and oxygen atoms in total. The summed E-state index contributed by atoms with van der Waals surface area (Å²) in [4.78, 5) is 30.3. The molecule has 0 aliphatic carbocycles. The Morgan fingerprint density at radius 1 is 1.17 bits per heavy atom. The Morgan fingerprint density at radius 3 is 2.66 bits per heavy atom.